The van der Waals surface area contributed by atoms with Gasteiger partial charge in [-0.3, -0.25) is 0 Å². The third-order valence-corrected chi connectivity index (χ3v) is 1.01. The summed E-state index contributed by atoms with van der Waals surface area (Å²) < 4.78 is 3.93. The molecular weight excluding hydrogens is 127 g/mol. The van der Waals surface area contributed by atoms with Crippen molar-refractivity contribution in [2.45, 2.75) is 0 Å². The van der Waals surface area contributed by atoms with Crippen LogP contribution >= 0.6 is 8.60 Å². The second-order valence-corrected chi connectivity index (χ2v) is 1.89. The van der Waals surface area contributed by atoms with E-state index in [2.05, 4.69) is 3.11 Å². The Morgan fingerprint density at radius 2 is 1.80 bits per heavy atom. The van der Waals surface area contributed by atoms with Gasteiger partial charge in [0.15, 0.2) is 0 Å². The van der Waals surface area contributed by atoms with Gasteiger partial charge in [-0.05, 0) is 0 Å². The van der Waals surface area contributed by atoms with Gasteiger partial charge in [-0.1, -0.05) is 0 Å². The Balaban J connectivity index is 2.54. The van der Waals surface area contributed by atoms with E-state index in [4.69, 9.17) is 9.79 Å². The van der Waals surface area contributed by atoms with Crippen LogP contribution in [0.3, 0.4) is 0 Å². The van der Waals surface area contributed by atoms with E-state index in [0.29, 0.717) is 0 Å². The summed E-state index contributed by atoms with van der Waals surface area (Å²) in [6.07, 6.45) is 0. The van der Waals surface area contributed by atoms with Crippen LogP contribution in [0.5, 0.6) is 0 Å². The van der Waals surface area contributed by atoms with Crippen LogP contribution < -0.4 is 0 Å². The summed E-state index contributed by atoms with van der Waals surface area (Å²) in [4.78, 5) is 15.5. The summed E-state index contributed by atoms with van der Waals surface area (Å²) in [5.41, 5.74) is 0. The summed E-state index contributed by atoms with van der Waals surface area (Å²) in [6.45, 7) is 0. The van der Waals surface area contributed by atoms with Crippen LogP contribution in [0.15, 0.2) is 0 Å². The molecule has 0 amide bonds. The van der Waals surface area contributed by atoms with Gasteiger partial charge in [-0.15, -0.1) is 0 Å². The Morgan fingerprint density at radius 3 is 1.80 bits per heavy atom. The van der Waals surface area contributed by atoms with Crippen LogP contribution in [0.1, 0.15) is 0 Å². The van der Waals surface area contributed by atoms with E-state index >= 15 is 0 Å². The van der Waals surface area contributed by atoms with E-state index < -0.39 is 8.60 Å². The molecule has 0 rings (SSSR count). The van der Waals surface area contributed by atoms with Crippen molar-refractivity contribution in [1.82, 2.24) is 0 Å². The molecule has 0 aromatic rings. The molecule has 2 N–H and O–H groups in total. The molecule has 0 aromatic carbocycles. The Hall–Kier alpha value is 1.02. The number of hydrogen-bond acceptors (Lipinski definition) is 3. The minimum atomic E-state index is -2.10. The first kappa shape index (κ1) is 6.02. The predicted octanol–water partition coefficient (Wildman–Crippen LogP) is -0.324. The first-order chi connectivity index (χ1) is 2.27. The molecule has 0 aliphatic heterocycles. The molecule has 5 heteroatoms. The molecule has 0 heterocycles. The molecule has 0 saturated carbocycles. The Kier molecular flexibility index (Phi) is 3.88. The third-order valence-electron chi connectivity index (χ3n) is 0.0816. The molecule has 0 bridgehead atoms. The van der Waals surface area contributed by atoms with Gasteiger partial charge >= 0.3 is 42.3 Å². The zero-order valence-corrected chi connectivity index (χ0v) is 4.71. The van der Waals surface area contributed by atoms with E-state index in [1.807, 2.05) is 0 Å². The average Bonchev–Trinajstić information content (AvgIpc) is 1.38. The van der Waals surface area contributed by atoms with Crippen LogP contribution in [-0.2, 0) is 23.9 Å². The maximum atomic E-state index is 7.76. The van der Waals surface area contributed by atoms with Gasteiger partial charge in [-0.2, -0.15) is 0 Å². The van der Waals surface area contributed by atoms with Gasteiger partial charge in [0.2, 0.25) is 0 Å². The van der Waals surface area contributed by atoms with Gasteiger partial charge in [-0.25, -0.2) is 0 Å². The van der Waals surface area contributed by atoms with Crippen molar-refractivity contribution < 1.29 is 33.7 Å². The van der Waals surface area contributed by atoms with E-state index in [1.165, 1.54) is 20.8 Å². The van der Waals surface area contributed by atoms with Gasteiger partial charge in [0.25, 0.3) is 0 Å². The number of hydrogen-bond donors (Lipinski definition) is 2. The topological polar surface area (TPSA) is 49.7 Å². The van der Waals surface area contributed by atoms with Crippen LogP contribution in [0.4, 0.5) is 0 Å². The zero-order chi connectivity index (χ0) is 4.28. The fourth-order valence-electron chi connectivity index (χ4n) is 0. The van der Waals surface area contributed by atoms with Crippen molar-refractivity contribution in [3.8, 4) is 0 Å². The van der Waals surface area contributed by atoms with Gasteiger partial charge < -0.3 is 0 Å². The second kappa shape index (κ2) is 3.22. The maximum absolute atomic E-state index is 7.76. The fourth-order valence-corrected chi connectivity index (χ4v) is 0. The summed E-state index contributed by atoms with van der Waals surface area (Å²) in [7, 11) is -2.10. The zero-order valence-electron chi connectivity index (χ0n) is 2.25. The normalized spacial score (nSPS) is 9.20. The third kappa shape index (κ3) is 5.02. The van der Waals surface area contributed by atoms with Crippen LogP contribution in [-0.4, -0.2) is 9.79 Å². The van der Waals surface area contributed by atoms with Crippen LogP contribution in [0.25, 0.3) is 0 Å². The fraction of sp³-hybridized carbons (Fsp3) is 0. The quantitative estimate of drug-likeness (QED) is 0.376. The van der Waals surface area contributed by atoms with E-state index in [9.17, 15) is 0 Å². The molecule has 0 fully saturated rings. The molecule has 0 atom stereocenters. The van der Waals surface area contributed by atoms with Gasteiger partial charge in [0.05, 0.1) is 0 Å². The Bertz CT molecular complexity index is 20.9. The predicted molar refractivity (Wildman–Crippen MR) is 12.4 cm³/mol. The van der Waals surface area contributed by atoms with E-state index in [-0.39, 0.29) is 0 Å². The Labute approximate surface area is 42.8 Å². The van der Waals surface area contributed by atoms with Crippen molar-refractivity contribution in [3.05, 3.63) is 0 Å². The molecule has 29 valence electrons. The standard InChI is InChI=1S/H2O3P.Ti/c1-4(2)3;/h1-2H;/q-1;+1. The molecule has 0 radical (unpaired) electrons. The monoisotopic (exact) mass is 129 g/mol. The van der Waals surface area contributed by atoms with Gasteiger partial charge in [0.1, 0.15) is 0 Å². The van der Waals surface area contributed by atoms with E-state index in [1.54, 1.807) is 0 Å². The Morgan fingerprint density at radius 1 is 1.60 bits per heavy atom. The molecule has 0 saturated heterocycles. The van der Waals surface area contributed by atoms with Crippen LogP contribution in [0, 0.1) is 0 Å². The summed E-state index contributed by atoms with van der Waals surface area (Å²) in [6, 6.07) is 0. The SMILES string of the molecule is OP(O)[O][Ti]. The molecule has 0 aromatic heterocycles. The van der Waals surface area contributed by atoms with Crippen LogP contribution in [0.2, 0.25) is 0 Å². The first-order valence-corrected chi connectivity index (χ1v) is 2.59. The number of rotatable bonds is 1. The summed E-state index contributed by atoms with van der Waals surface area (Å²) >= 11 is 1.23. The average molecular weight is 129 g/mol. The van der Waals surface area contributed by atoms with Crippen molar-refractivity contribution >= 4 is 8.60 Å². The molecule has 3 nitrogen and oxygen atoms in total. The molecule has 0 spiro atoms. The molecule has 5 heavy (non-hydrogen) atoms. The second-order valence-electron chi connectivity index (χ2n) is 0.344. The summed E-state index contributed by atoms with van der Waals surface area (Å²) in [5.74, 6) is 0. The van der Waals surface area contributed by atoms with Gasteiger partial charge in [0, 0.05) is 0 Å². The van der Waals surface area contributed by atoms with Crippen molar-refractivity contribution in [1.29, 1.82) is 0 Å². The molecule has 0 aliphatic rings. The molecule has 0 aliphatic carbocycles. The van der Waals surface area contributed by atoms with Crippen molar-refractivity contribution in [2.75, 3.05) is 0 Å². The van der Waals surface area contributed by atoms with Crippen molar-refractivity contribution in [2.24, 2.45) is 0 Å². The van der Waals surface area contributed by atoms with E-state index in [0.717, 1.165) is 0 Å². The minimum absolute atomic E-state index is 1.23. The van der Waals surface area contributed by atoms with Crippen molar-refractivity contribution in [3.63, 3.8) is 0 Å². The first-order valence-electron chi connectivity index (χ1n) is 0.787. The summed E-state index contributed by atoms with van der Waals surface area (Å²) in [5, 5.41) is 0. The molecular formula is H2O3PTi. The molecule has 0 unspecified atom stereocenters.